The van der Waals surface area contributed by atoms with Crippen LogP contribution in [0.2, 0.25) is 0 Å². The lowest BCUT2D eigenvalue weighted by Gasteiger charge is -2.10. The fraction of sp³-hybridized carbons (Fsp3) is 0.278. The van der Waals surface area contributed by atoms with Crippen LogP contribution < -0.4 is 9.47 Å². The number of carbonyl (C=O) groups excluding carboxylic acids is 1. The van der Waals surface area contributed by atoms with E-state index in [1.807, 2.05) is 12.1 Å². The molecule has 0 aliphatic rings. The minimum Gasteiger partial charge on any atom is -0.497 e. The van der Waals surface area contributed by atoms with Crippen molar-refractivity contribution < 1.29 is 14.3 Å². The maximum atomic E-state index is 12.4. The van der Waals surface area contributed by atoms with Gasteiger partial charge in [0.15, 0.2) is 5.78 Å². The molecule has 0 unspecified atom stereocenters. The molecular formula is C18H20O3. The Kier molecular flexibility index (Phi) is 4.99. The summed E-state index contributed by atoms with van der Waals surface area (Å²) in [5.74, 6) is 1.31. The highest BCUT2D eigenvalue weighted by Crippen LogP contribution is 2.25. The molecule has 3 nitrogen and oxygen atoms in total. The molecule has 0 spiro atoms. The summed E-state index contributed by atoms with van der Waals surface area (Å²) in [7, 11) is 3.16. The molecule has 2 aromatic rings. The van der Waals surface area contributed by atoms with Gasteiger partial charge < -0.3 is 9.47 Å². The van der Waals surface area contributed by atoms with Gasteiger partial charge in [-0.25, -0.2) is 0 Å². The van der Waals surface area contributed by atoms with E-state index in [9.17, 15) is 4.79 Å². The number of Topliss-reactive ketones (excluding diaryl/α,β-unsaturated/α-hetero) is 1. The van der Waals surface area contributed by atoms with E-state index in [0.29, 0.717) is 23.5 Å². The summed E-state index contributed by atoms with van der Waals surface area (Å²) in [6.07, 6.45) is 1.18. The number of rotatable bonds is 6. The monoisotopic (exact) mass is 284 g/mol. The first-order valence-electron chi connectivity index (χ1n) is 6.95. The summed E-state index contributed by atoms with van der Waals surface area (Å²) in [4.78, 5) is 12.4. The Morgan fingerprint density at radius 3 is 2.48 bits per heavy atom. The molecule has 2 aromatic carbocycles. The van der Waals surface area contributed by atoms with Gasteiger partial charge in [-0.3, -0.25) is 4.79 Å². The quantitative estimate of drug-likeness (QED) is 0.756. The Bertz CT molecular complexity index is 632. The first kappa shape index (κ1) is 15.1. The van der Waals surface area contributed by atoms with Crippen LogP contribution in [0.5, 0.6) is 11.5 Å². The van der Waals surface area contributed by atoms with Crippen LogP contribution in [0.3, 0.4) is 0 Å². The van der Waals surface area contributed by atoms with Crippen molar-refractivity contribution in [1.82, 2.24) is 0 Å². The molecule has 0 atom stereocenters. The second-order valence-corrected chi connectivity index (χ2v) is 4.92. The van der Waals surface area contributed by atoms with E-state index in [1.54, 1.807) is 32.4 Å². The smallest absolute Gasteiger partial charge is 0.167 e. The standard InChI is InChI=1S/C18H20O3/c1-13-6-4-5-7-14(13)8-10-17(19)16-12-15(20-2)9-11-18(16)21-3/h4-7,9,11-12H,8,10H2,1-3H3. The SMILES string of the molecule is COc1ccc(OC)c(C(=O)CCc2ccccc2C)c1. The Hall–Kier alpha value is -2.29. The Morgan fingerprint density at radius 1 is 1.05 bits per heavy atom. The summed E-state index contributed by atoms with van der Waals surface area (Å²) in [5.41, 5.74) is 2.99. The number of hydrogen-bond acceptors (Lipinski definition) is 3. The summed E-state index contributed by atoms with van der Waals surface area (Å²) in [6.45, 7) is 2.06. The van der Waals surface area contributed by atoms with Crippen LogP contribution in [-0.2, 0) is 6.42 Å². The molecule has 0 amide bonds. The number of benzene rings is 2. The average Bonchev–Trinajstić information content (AvgIpc) is 2.53. The topological polar surface area (TPSA) is 35.5 Å². The number of hydrogen-bond donors (Lipinski definition) is 0. The Balaban J connectivity index is 2.15. The number of ketones is 1. The molecule has 0 aliphatic carbocycles. The van der Waals surface area contributed by atoms with Gasteiger partial charge in [0, 0.05) is 6.42 Å². The maximum Gasteiger partial charge on any atom is 0.167 e. The van der Waals surface area contributed by atoms with Crippen LogP contribution in [0.4, 0.5) is 0 Å². The third-order valence-corrected chi connectivity index (χ3v) is 3.59. The second kappa shape index (κ2) is 6.93. The van der Waals surface area contributed by atoms with Crippen molar-refractivity contribution >= 4 is 5.78 Å². The molecule has 0 fully saturated rings. The van der Waals surface area contributed by atoms with E-state index in [2.05, 4.69) is 19.1 Å². The third-order valence-electron chi connectivity index (χ3n) is 3.59. The van der Waals surface area contributed by atoms with Gasteiger partial charge >= 0.3 is 0 Å². The Labute approximate surface area is 125 Å². The van der Waals surface area contributed by atoms with Crippen LogP contribution >= 0.6 is 0 Å². The summed E-state index contributed by atoms with van der Waals surface area (Å²) < 4.78 is 10.4. The number of aryl methyl sites for hydroxylation is 2. The van der Waals surface area contributed by atoms with Crippen LogP contribution in [0.1, 0.15) is 27.9 Å². The van der Waals surface area contributed by atoms with Crippen molar-refractivity contribution in [3.8, 4) is 11.5 Å². The fourth-order valence-electron chi connectivity index (χ4n) is 2.31. The van der Waals surface area contributed by atoms with E-state index >= 15 is 0 Å². The normalized spacial score (nSPS) is 10.2. The number of ether oxygens (including phenoxy) is 2. The van der Waals surface area contributed by atoms with Crippen LogP contribution in [-0.4, -0.2) is 20.0 Å². The van der Waals surface area contributed by atoms with E-state index in [0.717, 1.165) is 6.42 Å². The van der Waals surface area contributed by atoms with Crippen molar-refractivity contribution in [2.45, 2.75) is 19.8 Å². The van der Waals surface area contributed by atoms with Crippen molar-refractivity contribution in [1.29, 1.82) is 0 Å². The van der Waals surface area contributed by atoms with Gasteiger partial charge in [0.05, 0.1) is 19.8 Å². The summed E-state index contributed by atoms with van der Waals surface area (Å²) in [6, 6.07) is 13.4. The van der Waals surface area contributed by atoms with Crippen LogP contribution in [0.15, 0.2) is 42.5 Å². The molecule has 2 rings (SSSR count). The van der Waals surface area contributed by atoms with Crippen molar-refractivity contribution in [3.05, 3.63) is 59.2 Å². The molecule has 21 heavy (non-hydrogen) atoms. The van der Waals surface area contributed by atoms with Crippen LogP contribution in [0.25, 0.3) is 0 Å². The number of carbonyl (C=O) groups is 1. The molecule has 110 valence electrons. The number of methoxy groups -OCH3 is 2. The van der Waals surface area contributed by atoms with Gasteiger partial charge in [0.1, 0.15) is 11.5 Å². The van der Waals surface area contributed by atoms with Gasteiger partial charge in [0.25, 0.3) is 0 Å². The van der Waals surface area contributed by atoms with E-state index in [4.69, 9.17) is 9.47 Å². The highest BCUT2D eigenvalue weighted by atomic mass is 16.5. The maximum absolute atomic E-state index is 12.4. The van der Waals surface area contributed by atoms with Crippen molar-refractivity contribution in [2.24, 2.45) is 0 Å². The molecule has 0 saturated heterocycles. The highest BCUT2D eigenvalue weighted by molar-refractivity contribution is 5.99. The molecule has 0 N–H and O–H groups in total. The second-order valence-electron chi connectivity index (χ2n) is 4.92. The van der Waals surface area contributed by atoms with Crippen molar-refractivity contribution in [3.63, 3.8) is 0 Å². The molecule has 0 saturated carbocycles. The zero-order valence-corrected chi connectivity index (χ0v) is 12.7. The first-order valence-corrected chi connectivity index (χ1v) is 6.95. The first-order chi connectivity index (χ1) is 10.2. The predicted octanol–water partition coefficient (Wildman–Crippen LogP) is 3.83. The molecule has 0 radical (unpaired) electrons. The molecule has 0 heterocycles. The molecule has 0 aliphatic heterocycles. The Morgan fingerprint density at radius 2 is 1.81 bits per heavy atom. The third kappa shape index (κ3) is 3.63. The molecular weight excluding hydrogens is 264 g/mol. The van der Waals surface area contributed by atoms with Gasteiger partial charge in [0.2, 0.25) is 0 Å². The van der Waals surface area contributed by atoms with E-state index in [1.165, 1.54) is 11.1 Å². The average molecular weight is 284 g/mol. The van der Waals surface area contributed by atoms with Gasteiger partial charge in [-0.05, 0) is 42.7 Å². The fourth-order valence-corrected chi connectivity index (χ4v) is 2.31. The van der Waals surface area contributed by atoms with E-state index in [-0.39, 0.29) is 5.78 Å². The minimum absolute atomic E-state index is 0.0639. The zero-order chi connectivity index (χ0) is 15.2. The molecule has 3 heteroatoms. The highest BCUT2D eigenvalue weighted by Gasteiger charge is 2.14. The summed E-state index contributed by atoms with van der Waals surface area (Å²) in [5, 5.41) is 0. The van der Waals surface area contributed by atoms with Gasteiger partial charge in [-0.1, -0.05) is 24.3 Å². The van der Waals surface area contributed by atoms with Gasteiger partial charge in [-0.15, -0.1) is 0 Å². The van der Waals surface area contributed by atoms with Gasteiger partial charge in [-0.2, -0.15) is 0 Å². The summed E-state index contributed by atoms with van der Waals surface area (Å²) >= 11 is 0. The van der Waals surface area contributed by atoms with Crippen molar-refractivity contribution in [2.75, 3.05) is 14.2 Å². The molecule has 0 bridgehead atoms. The lowest BCUT2D eigenvalue weighted by Crippen LogP contribution is -2.05. The minimum atomic E-state index is 0.0639. The predicted molar refractivity (Wildman–Crippen MR) is 83.4 cm³/mol. The largest absolute Gasteiger partial charge is 0.497 e. The van der Waals surface area contributed by atoms with Crippen LogP contribution in [0, 0.1) is 6.92 Å². The lowest BCUT2D eigenvalue weighted by molar-refractivity contribution is 0.0979. The molecule has 0 aromatic heterocycles. The zero-order valence-electron chi connectivity index (χ0n) is 12.7. The van der Waals surface area contributed by atoms with E-state index < -0.39 is 0 Å². The lowest BCUT2D eigenvalue weighted by atomic mass is 9.99.